The number of aromatic hydroxyl groups is 1. The maximum Gasteiger partial charge on any atom is 0.308 e. The van der Waals surface area contributed by atoms with Gasteiger partial charge >= 0.3 is 4.87 Å². The van der Waals surface area contributed by atoms with Crippen molar-refractivity contribution in [2.45, 2.75) is 22.7 Å². The molecule has 8 nitrogen and oxygen atoms in total. The van der Waals surface area contributed by atoms with Gasteiger partial charge in [0.05, 0.1) is 16.6 Å². The number of imide groups is 1. The molecule has 3 unspecified atom stereocenters. The second kappa shape index (κ2) is 10.2. The Balaban J connectivity index is 1.40. The molecule has 0 aliphatic carbocycles. The number of thiazole rings is 1. The molecule has 2 aliphatic rings. The minimum atomic E-state index is -0.869. The van der Waals surface area contributed by atoms with Crippen LogP contribution in [0.3, 0.4) is 0 Å². The number of phenols is 1. The van der Waals surface area contributed by atoms with Gasteiger partial charge in [0.2, 0.25) is 17.7 Å². The number of fused-ring (bicyclic) bond motifs is 2. The van der Waals surface area contributed by atoms with Crippen LogP contribution in [0.5, 0.6) is 5.75 Å². The van der Waals surface area contributed by atoms with Gasteiger partial charge in [-0.1, -0.05) is 46.8 Å². The summed E-state index contributed by atoms with van der Waals surface area (Å²) in [7, 11) is 0. The van der Waals surface area contributed by atoms with E-state index in [1.165, 1.54) is 41.0 Å². The van der Waals surface area contributed by atoms with Gasteiger partial charge in [0.15, 0.2) is 0 Å². The van der Waals surface area contributed by atoms with Gasteiger partial charge in [-0.25, -0.2) is 9.29 Å². The first-order valence-corrected chi connectivity index (χ1v) is 14.2. The first-order valence-electron chi connectivity index (χ1n) is 12.1. The molecule has 1 aromatic heterocycles. The Hall–Kier alpha value is -3.93. The Labute approximate surface area is 240 Å². The average molecular weight is 596 g/mol. The van der Waals surface area contributed by atoms with E-state index in [1.54, 1.807) is 36.4 Å². The van der Waals surface area contributed by atoms with Crippen LogP contribution in [-0.2, 0) is 20.9 Å². The van der Waals surface area contributed by atoms with Crippen molar-refractivity contribution in [3.63, 3.8) is 0 Å². The lowest BCUT2D eigenvalue weighted by Gasteiger charge is -2.30. The predicted molar refractivity (Wildman–Crippen MR) is 151 cm³/mol. The first-order chi connectivity index (χ1) is 19.2. The van der Waals surface area contributed by atoms with Crippen LogP contribution < -0.4 is 15.1 Å². The van der Waals surface area contributed by atoms with Crippen LogP contribution in [0.1, 0.15) is 16.4 Å². The van der Waals surface area contributed by atoms with Crippen molar-refractivity contribution >= 4 is 63.8 Å². The van der Waals surface area contributed by atoms with E-state index in [0.717, 1.165) is 28.0 Å². The van der Waals surface area contributed by atoms with Crippen LogP contribution >= 0.6 is 34.7 Å². The summed E-state index contributed by atoms with van der Waals surface area (Å²) in [6, 6.07) is 17.9. The van der Waals surface area contributed by atoms with E-state index in [1.807, 2.05) is 0 Å². The highest BCUT2D eigenvalue weighted by Crippen LogP contribution is 2.53. The van der Waals surface area contributed by atoms with Crippen molar-refractivity contribution in [3.8, 4) is 5.75 Å². The number of carbonyl (C=O) groups excluding carboxylic acids is 3. The summed E-state index contributed by atoms with van der Waals surface area (Å²) in [6.07, 6.45) is 0. The summed E-state index contributed by atoms with van der Waals surface area (Å²) < 4.78 is 15.1. The van der Waals surface area contributed by atoms with E-state index in [0.29, 0.717) is 31.9 Å². The molecule has 0 radical (unpaired) electrons. The van der Waals surface area contributed by atoms with Crippen LogP contribution in [0.2, 0.25) is 5.02 Å². The van der Waals surface area contributed by atoms with E-state index in [2.05, 4.69) is 5.32 Å². The molecule has 12 heteroatoms. The van der Waals surface area contributed by atoms with E-state index >= 15 is 0 Å². The maximum atomic E-state index is 13.8. The molecule has 3 aromatic carbocycles. The molecule has 0 spiro atoms. The Bertz CT molecular complexity index is 1700. The molecule has 4 aromatic rings. The number of halogens is 2. The number of amides is 3. The van der Waals surface area contributed by atoms with E-state index < -0.39 is 45.5 Å². The summed E-state index contributed by atoms with van der Waals surface area (Å²) in [6.45, 7) is -0.324. The second-order valence-electron chi connectivity index (χ2n) is 9.30. The fourth-order valence-corrected chi connectivity index (χ4v) is 7.92. The third kappa shape index (κ3) is 4.59. The number of benzene rings is 3. The van der Waals surface area contributed by atoms with E-state index in [4.69, 9.17) is 11.6 Å². The lowest BCUT2D eigenvalue weighted by Crippen LogP contribution is -2.33. The number of hydrogen-bond acceptors (Lipinski definition) is 7. The van der Waals surface area contributed by atoms with Crippen molar-refractivity contribution in [2.75, 3.05) is 10.2 Å². The van der Waals surface area contributed by atoms with Crippen molar-refractivity contribution < 1.29 is 23.9 Å². The molecule has 2 aliphatic heterocycles. The van der Waals surface area contributed by atoms with Gasteiger partial charge in [-0.05, 0) is 66.2 Å². The van der Waals surface area contributed by atoms with E-state index in [9.17, 15) is 28.7 Å². The SMILES string of the molecule is O=C(Cn1c2c(sc1=O)C(c1ccc(F)cc1)C1C(=O)N(c3ccc(Cl)cc3)C(=O)C1S2)Nc1ccc(O)cc1. The maximum absolute atomic E-state index is 13.8. The third-order valence-electron chi connectivity index (χ3n) is 6.82. The standard InChI is InChI=1S/C28H19ClFN3O5S2/c29-15-3-9-18(10-4-15)33-25(36)22-21(14-1-5-16(30)6-2-14)24-27(39-23(22)26(33)37)32(28(38)40-24)13-20(35)31-17-7-11-19(34)12-8-17/h1-12,21-23,34H,13H2,(H,31,35). The van der Waals surface area contributed by atoms with Crippen molar-refractivity contribution in [2.24, 2.45) is 5.92 Å². The van der Waals surface area contributed by atoms with Crippen LogP contribution in [0.25, 0.3) is 0 Å². The van der Waals surface area contributed by atoms with Crippen molar-refractivity contribution in [1.82, 2.24) is 4.57 Å². The summed E-state index contributed by atoms with van der Waals surface area (Å²) in [4.78, 5) is 54.8. The normalized spacial score (nSPS) is 19.9. The topological polar surface area (TPSA) is 109 Å². The summed E-state index contributed by atoms with van der Waals surface area (Å²) in [5, 5.41) is 12.2. The highest BCUT2D eigenvalue weighted by molar-refractivity contribution is 8.00. The molecule has 3 amide bonds. The Kier molecular flexibility index (Phi) is 6.73. The zero-order chi connectivity index (χ0) is 28.1. The van der Waals surface area contributed by atoms with Crippen molar-refractivity contribution in [1.29, 1.82) is 0 Å². The quantitative estimate of drug-likeness (QED) is 0.252. The van der Waals surface area contributed by atoms with Gasteiger partial charge in [-0.3, -0.25) is 23.7 Å². The highest BCUT2D eigenvalue weighted by Gasteiger charge is 2.56. The fraction of sp³-hybridized carbons (Fsp3) is 0.143. The molecule has 6 rings (SSSR count). The number of nitrogens with zero attached hydrogens (tertiary/aromatic N) is 2. The van der Waals surface area contributed by atoms with Gasteiger partial charge in [-0.15, -0.1) is 0 Å². The number of carbonyl (C=O) groups is 3. The molecule has 40 heavy (non-hydrogen) atoms. The highest BCUT2D eigenvalue weighted by atomic mass is 35.5. The molecule has 3 heterocycles. The average Bonchev–Trinajstić information content (AvgIpc) is 3.37. The second-order valence-corrected chi connectivity index (χ2v) is 11.9. The van der Waals surface area contributed by atoms with Gasteiger partial charge in [0.25, 0.3) is 0 Å². The summed E-state index contributed by atoms with van der Waals surface area (Å²) >= 11 is 8.00. The zero-order valence-electron chi connectivity index (χ0n) is 20.4. The predicted octanol–water partition coefficient (Wildman–Crippen LogP) is 4.84. The molecule has 1 saturated heterocycles. The number of rotatable bonds is 5. The lowest BCUT2D eigenvalue weighted by molar-refractivity contribution is -0.122. The number of hydrogen-bond donors (Lipinski definition) is 2. The monoisotopic (exact) mass is 595 g/mol. The number of nitrogens with one attached hydrogen (secondary N) is 1. The van der Waals surface area contributed by atoms with Gasteiger partial charge in [-0.2, -0.15) is 0 Å². The van der Waals surface area contributed by atoms with E-state index in [-0.39, 0.29) is 12.3 Å². The largest absolute Gasteiger partial charge is 0.508 e. The van der Waals surface area contributed by atoms with Gasteiger partial charge in [0, 0.05) is 21.5 Å². The number of anilines is 2. The molecular formula is C28H19ClFN3O5S2. The molecule has 2 N–H and O–H groups in total. The van der Waals surface area contributed by atoms with Crippen LogP contribution in [0, 0.1) is 11.7 Å². The van der Waals surface area contributed by atoms with Crippen molar-refractivity contribution in [3.05, 3.63) is 104 Å². The molecule has 0 bridgehead atoms. The molecule has 3 atom stereocenters. The van der Waals surface area contributed by atoms with Crippen LogP contribution in [0.15, 0.2) is 82.6 Å². The van der Waals surface area contributed by atoms with Crippen LogP contribution in [-0.4, -0.2) is 32.6 Å². The van der Waals surface area contributed by atoms with Gasteiger partial charge < -0.3 is 10.4 Å². The number of phenolic OH excluding ortho intramolecular Hbond substituents is 1. The van der Waals surface area contributed by atoms with Crippen LogP contribution in [0.4, 0.5) is 15.8 Å². The molecular weight excluding hydrogens is 577 g/mol. The summed E-state index contributed by atoms with van der Waals surface area (Å²) in [5.41, 5.74) is 1.40. The zero-order valence-corrected chi connectivity index (χ0v) is 22.8. The number of thioether (sulfide) groups is 1. The Morgan fingerprint density at radius 2 is 1.62 bits per heavy atom. The smallest absolute Gasteiger partial charge is 0.308 e. The molecule has 0 saturated carbocycles. The minimum absolute atomic E-state index is 0.0438. The first kappa shape index (κ1) is 26.3. The minimum Gasteiger partial charge on any atom is -0.508 e. The fourth-order valence-electron chi connectivity index (χ4n) is 5.02. The van der Waals surface area contributed by atoms with Gasteiger partial charge in [0.1, 0.15) is 23.4 Å². The Morgan fingerprint density at radius 1 is 0.950 bits per heavy atom. The lowest BCUT2D eigenvalue weighted by atomic mass is 9.83. The Morgan fingerprint density at radius 3 is 2.30 bits per heavy atom. The molecule has 202 valence electrons. The third-order valence-corrected chi connectivity index (χ3v) is 9.67. The summed E-state index contributed by atoms with van der Waals surface area (Å²) in [5.74, 6) is -3.31. The molecule has 1 fully saturated rings. The number of aromatic nitrogens is 1.